The Hall–Kier alpha value is -5.14. The van der Waals surface area contributed by atoms with Crippen molar-refractivity contribution in [3.8, 4) is 39.5 Å². The van der Waals surface area contributed by atoms with Crippen molar-refractivity contribution < 1.29 is 24.5 Å². The Bertz CT molecular complexity index is 2900. The van der Waals surface area contributed by atoms with E-state index in [2.05, 4.69) is 183 Å². The van der Waals surface area contributed by atoms with E-state index in [9.17, 15) is 0 Å². The van der Waals surface area contributed by atoms with Crippen LogP contribution in [0, 0.1) is 19.1 Å². The first-order valence-corrected chi connectivity index (χ1v) is 27.8. The average molecular weight is 1030 g/mol. The van der Waals surface area contributed by atoms with E-state index < -0.39 is 13.3 Å². The predicted octanol–water partition coefficient (Wildman–Crippen LogP) is 13.4. The van der Waals surface area contributed by atoms with Crippen LogP contribution in [0.2, 0.25) is 17.3 Å². The molecule has 0 saturated carbocycles. The average Bonchev–Trinajstić information content (AvgIpc) is 3.79. The summed E-state index contributed by atoms with van der Waals surface area (Å²) in [5, 5.41) is 2.10. The van der Waals surface area contributed by atoms with Gasteiger partial charge in [-0.3, -0.25) is 4.98 Å². The summed E-state index contributed by atoms with van der Waals surface area (Å²) in [5.74, 6) is 8.04. The van der Waals surface area contributed by atoms with Gasteiger partial charge in [0.15, 0.2) is 0 Å². The van der Waals surface area contributed by atoms with Crippen LogP contribution in [-0.2, 0) is 30.9 Å². The van der Waals surface area contributed by atoms with Crippen molar-refractivity contribution in [1.82, 2.24) is 19.5 Å². The number of benzene rings is 5. The summed E-state index contributed by atoms with van der Waals surface area (Å²) < 4.78 is 9.81. The minimum Gasteiger partial charge on any atom is 0 e. The molecule has 0 atom stereocenters. The molecule has 305 valence electrons. The minimum absolute atomic E-state index is 0. The molecular formula is C53H52GeIrN4O-2. The van der Waals surface area contributed by atoms with Crippen molar-refractivity contribution in [3.05, 3.63) is 163 Å². The molecule has 0 aliphatic rings. The standard InChI is InChI=1S/C33H33N2.C20H19GeN2O.Ir/c1-32(2,3)26-21-25(23-15-9-7-10-16-23)22-27(33(4,5)6)30(26)35-29-20-14-13-19-28(29)34-31(35)24-17-11-8-12-18-24;1-13-8-10-16-15-6-5-7-17(19(15)24-20(16)23-13)18-11-9-14(12-22-18)21(2,3)4;/h7-17,19-22H,1-6H3;5-6,8-12H,1-4H3;/q2*-1;. The maximum atomic E-state index is 6.05. The van der Waals surface area contributed by atoms with E-state index in [0.29, 0.717) is 5.71 Å². The first-order chi connectivity index (χ1) is 28.1. The van der Waals surface area contributed by atoms with Crippen LogP contribution in [0.15, 0.2) is 138 Å². The van der Waals surface area contributed by atoms with Gasteiger partial charge in [0.2, 0.25) is 0 Å². The number of para-hydroxylation sites is 2. The van der Waals surface area contributed by atoms with Gasteiger partial charge in [0, 0.05) is 25.8 Å². The fraction of sp³-hybridized carbons (Fsp3) is 0.226. The molecule has 9 rings (SSSR count). The van der Waals surface area contributed by atoms with E-state index in [0.717, 1.165) is 55.7 Å². The Labute approximate surface area is 371 Å². The molecule has 60 heavy (non-hydrogen) atoms. The second kappa shape index (κ2) is 16.7. The number of aryl methyl sites for hydroxylation is 1. The number of hydrogen-bond donors (Lipinski definition) is 0. The van der Waals surface area contributed by atoms with Gasteiger partial charge in [-0.2, -0.15) is 0 Å². The predicted molar refractivity (Wildman–Crippen MR) is 249 cm³/mol. The molecule has 9 aromatic rings. The molecule has 0 N–H and O–H groups in total. The molecule has 0 spiro atoms. The smallest absolute Gasteiger partial charge is 0 e. The van der Waals surface area contributed by atoms with Gasteiger partial charge in [-0.1, -0.05) is 84.0 Å². The molecule has 7 heteroatoms. The summed E-state index contributed by atoms with van der Waals surface area (Å²) in [6.45, 7) is 15.8. The Balaban J connectivity index is 0.000000191. The van der Waals surface area contributed by atoms with Crippen LogP contribution < -0.4 is 4.40 Å². The zero-order valence-electron chi connectivity index (χ0n) is 36.2. The Morgan fingerprint density at radius 3 is 1.97 bits per heavy atom. The van der Waals surface area contributed by atoms with Crippen LogP contribution in [0.3, 0.4) is 0 Å². The van der Waals surface area contributed by atoms with Crippen molar-refractivity contribution in [2.45, 2.75) is 76.6 Å². The number of rotatable bonds is 5. The second-order valence-electron chi connectivity index (χ2n) is 18.5. The zero-order valence-corrected chi connectivity index (χ0v) is 40.7. The number of imidazole rings is 1. The van der Waals surface area contributed by atoms with Crippen LogP contribution in [0.5, 0.6) is 0 Å². The van der Waals surface area contributed by atoms with Gasteiger partial charge in [-0.25, -0.2) is 0 Å². The third kappa shape index (κ3) is 8.56. The van der Waals surface area contributed by atoms with Crippen molar-refractivity contribution >= 4 is 50.8 Å². The van der Waals surface area contributed by atoms with Gasteiger partial charge in [0.05, 0.1) is 16.9 Å². The van der Waals surface area contributed by atoms with Gasteiger partial charge in [-0.15, -0.1) is 35.9 Å². The molecule has 4 heterocycles. The number of aromatic nitrogens is 4. The van der Waals surface area contributed by atoms with E-state index in [1.54, 1.807) is 0 Å². The molecule has 0 fully saturated rings. The summed E-state index contributed by atoms with van der Waals surface area (Å²) in [6, 6.07) is 51.1. The molecule has 0 bridgehead atoms. The number of pyridine rings is 2. The van der Waals surface area contributed by atoms with Gasteiger partial charge in [0.25, 0.3) is 0 Å². The first kappa shape index (κ1) is 43.0. The molecule has 0 aliphatic heterocycles. The molecule has 0 unspecified atom stereocenters. The molecule has 5 nitrogen and oxygen atoms in total. The van der Waals surface area contributed by atoms with E-state index in [4.69, 9.17) is 9.40 Å². The Morgan fingerprint density at radius 2 is 1.33 bits per heavy atom. The van der Waals surface area contributed by atoms with E-state index in [-0.39, 0.29) is 30.9 Å². The number of furan rings is 1. The van der Waals surface area contributed by atoms with E-state index in [1.807, 2.05) is 43.5 Å². The fourth-order valence-electron chi connectivity index (χ4n) is 7.67. The van der Waals surface area contributed by atoms with E-state index in [1.165, 1.54) is 32.3 Å². The van der Waals surface area contributed by atoms with Gasteiger partial charge >= 0.3 is 144 Å². The first-order valence-electron chi connectivity index (χ1n) is 20.4. The molecular weight excluding hydrogens is 973 g/mol. The van der Waals surface area contributed by atoms with Crippen molar-refractivity contribution in [3.63, 3.8) is 0 Å². The van der Waals surface area contributed by atoms with Crippen LogP contribution in [0.25, 0.3) is 72.6 Å². The Kier molecular flexibility index (Phi) is 12.0. The normalized spacial score (nSPS) is 12.0. The number of nitrogens with zero attached hydrogens (tertiary/aromatic N) is 4. The SMILES string of the molecule is CC(C)(C)c1cc(-c2ccccc2)cc(C(C)(C)C)c1-n1c(-c2[c-]cccc2)nc2ccccc21.Cc1ccc2c(n1)oc1c(-c3cc[c]([Ge]([CH3])([CH3])[CH3])cn3)[c-]ccc12.[Ir]. The van der Waals surface area contributed by atoms with Gasteiger partial charge < -0.3 is 4.57 Å². The van der Waals surface area contributed by atoms with Crippen LogP contribution in [0.4, 0.5) is 0 Å². The monoisotopic (exact) mass is 1030 g/mol. The maximum Gasteiger partial charge on any atom is 0 e. The number of hydrogen-bond acceptors (Lipinski definition) is 4. The van der Waals surface area contributed by atoms with Crippen LogP contribution >= 0.6 is 0 Å². The largest absolute Gasteiger partial charge is 0 e. The topological polar surface area (TPSA) is 56.7 Å². The van der Waals surface area contributed by atoms with Crippen molar-refractivity contribution in [1.29, 1.82) is 0 Å². The third-order valence-electron chi connectivity index (χ3n) is 10.9. The summed E-state index contributed by atoms with van der Waals surface area (Å²) in [5.41, 5.74) is 13.5. The van der Waals surface area contributed by atoms with Crippen LogP contribution in [-0.4, -0.2) is 32.8 Å². The molecule has 1 radical (unpaired) electrons. The van der Waals surface area contributed by atoms with Crippen molar-refractivity contribution in [2.24, 2.45) is 0 Å². The second-order valence-corrected chi connectivity index (χ2v) is 29.2. The minimum atomic E-state index is -1.85. The molecule has 0 amide bonds. The molecule has 0 aliphatic carbocycles. The van der Waals surface area contributed by atoms with Crippen molar-refractivity contribution in [2.75, 3.05) is 0 Å². The summed E-state index contributed by atoms with van der Waals surface area (Å²) in [6.07, 6.45) is 2.02. The fourth-order valence-corrected chi connectivity index (χ4v) is 9.84. The third-order valence-corrected chi connectivity index (χ3v) is 15.1. The quantitative estimate of drug-likeness (QED) is 0.127. The van der Waals surface area contributed by atoms with Crippen LogP contribution in [0.1, 0.15) is 58.4 Å². The molecule has 5 aromatic carbocycles. The Morgan fingerprint density at radius 1 is 0.650 bits per heavy atom. The molecule has 0 saturated heterocycles. The zero-order chi connectivity index (χ0) is 41.7. The maximum absolute atomic E-state index is 6.05. The van der Waals surface area contributed by atoms with Gasteiger partial charge in [0.1, 0.15) is 0 Å². The number of fused-ring (bicyclic) bond motifs is 4. The summed E-state index contributed by atoms with van der Waals surface area (Å²) in [7, 11) is 0. The summed E-state index contributed by atoms with van der Waals surface area (Å²) >= 11 is -1.85. The van der Waals surface area contributed by atoms with E-state index >= 15 is 0 Å². The summed E-state index contributed by atoms with van der Waals surface area (Å²) in [4.78, 5) is 14.3. The van der Waals surface area contributed by atoms with Gasteiger partial charge in [-0.05, 0) is 57.3 Å². The molecule has 4 aromatic heterocycles.